The van der Waals surface area contributed by atoms with Crippen LogP contribution in [0.2, 0.25) is 0 Å². The van der Waals surface area contributed by atoms with Crippen molar-refractivity contribution in [1.82, 2.24) is 0 Å². The summed E-state index contributed by atoms with van der Waals surface area (Å²) in [6.07, 6.45) is 6.25. The minimum atomic E-state index is -0.117. The van der Waals surface area contributed by atoms with E-state index in [1.807, 2.05) is 14.0 Å². The number of aliphatic hydroxyl groups is 1. The Labute approximate surface area is 92.0 Å². The molecule has 0 saturated heterocycles. The minimum absolute atomic E-state index is 0.117. The highest BCUT2D eigenvalue weighted by molar-refractivity contribution is 5.07. The first-order chi connectivity index (χ1) is 7.13. The molecule has 2 heteroatoms. The first kappa shape index (κ1) is 10.1. The summed E-state index contributed by atoms with van der Waals surface area (Å²) in [6.45, 7) is 1.98. The van der Waals surface area contributed by atoms with Gasteiger partial charge in [-0.05, 0) is 62.7 Å². The predicted octanol–water partition coefficient (Wildman–Crippen LogP) is 2.21. The van der Waals surface area contributed by atoms with E-state index >= 15 is 0 Å². The third kappa shape index (κ3) is 1.38. The monoisotopic (exact) mass is 210 g/mol. The van der Waals surface area contributed by atoms with E-state index in [0.717, 1.165) is 17.8 Å². The van der Waals surface area contributed by atoms with Crippen LogP contribution in [-0.4, -0.2) is 23.9 Å². The van der Waals surface area contributed by atoms with Crippen molar-refractivity contribution in [2.75, 3.05) is 7.11 Å². The van der Waals surface area contributed by atoms with Crippen molar-refractivity contribution < 1.29 is 9.84 Å². The number of hydrogen-bond acceptors (Lipinski definition) is 2. The second-order valence-corrected chi connectivity index (χ2v) is 6.18. The van der Waals surface area contributed by atoms with Crippen molar-refractivity contribution in [1.29, 1.82) is 0 Å². The van der Waals surface area contributed by atoms with Crippen molar-refractivity contribution in [3.05, 3.63) is 0 Å². The van der Waals surface area contributed by atoms with Gasteiger partial charge in [0, 0.05) is 7.11 Å². The molecule has 3 unspecified atom stereocenters. The highest BCUT2D eigenvalue weighted by Crippen LogP contribution is 2.60. The molecule has 0 spiro atoms. The van der Waals surface area contributed by atoms with Gasteiger partial charge in [-0.25, -0.2) is 0 Å². The van der Waals surface area contributed by atoms with Crippen LogP contribution in [0.1, 0.15) is 39.0 Å². The minimum Gasteiger partial charge on any atom is -0.393 e. The molecule has 86 valence electrons. The van der Waals surface area contributed by atoms with E-state index < -0.39 is 0 Å². The summed E-state index contributed by atoms with van der Waals surface area (Å²) < 4.78 is 5.80. The first-order valence-corrected chi connectivity index (χ1v) is 6.37. The molecule has 3 atom stereocenters. The lowest BCUT2D eigenvalue weighted by Gasteiger charge is -2.60. The lowest BCUT2D eigenvalue weighted by atomic mass is 9.49. The number of rotatable bonds is 2. The van der Waals surface area contributed by atoms with Gasteiger partial charge in [-0.3, -0.25) is 0 Å². The molecule has 0 heterocycles. The molecular weight excluding hydrogens is 188 g/mol. The van der Waals surface area contributed by atoms with Crippen LogP contribution in [0.3, 0.4) is 0 Å². The van der Waals surface area contributed by atoms with Crippen LogP contribution in [0.15, 0.2) is 0 Å². The van der Waals surface area contributed by atoms with Crippen molar-refractivity contribution in [2.45, 2.75) is 50.7 Å². The van der Waals surface area contributed by atoms with Crippen molar-refractivity contribution in [2.24, 2.45) is 23.7 Å². The second-order valence-electron chi connectivity index (χ2n) is 6.18. The zero-order valence-electron chi connectivity index (χ0n) is 9.78. The van der Waals surface area contributed by atoms with E-state index in [9.17, 15) is 5.11 Å². The van der Waals surface area contributed by atoms with Crippen molar-refractivity contribution >= 4 is 0 Å². The first-order valence-electron chi connectivity index (χ1n) is 6.37. The number of aliphatic hydroxyl groups excluding tert-OH is 1. The van der Waals surface area contributed by atoms with Crippen LogP contribution >= 0.6 is 0 Å². The molecule has 4 saturated carbocycles. The van der Waals surface area contributed by atoms with Gasteiger partial charge in [0.2, 0.25) is 0 Å². The van der Waals surface area contributed by atoms with Gasteiger partial charge in [0.1, 0.15) is 0 Å². The topological polar surface area (TPSA) is 29.5 Å². The van der Waals surface area contributed by atoms with E-state index in [4.69, 9.17) is 4.74 Å². The maximum atomic E-state index is 9.90. The Bertz CT molecular complexity index is 245. The number of ether oxygens (including phenoxy) is 1. The summed E-state index contributed by atoms with van der Waals surface area (Å²) >= 11 is 0. The quantitative estimate of drug-likeness (QED) is 0.757. The van der Waals surface area contributed by atoms with Gasteiger partial charge in [-0.1, -0.05) is 0 Å². The van der Waals surface area contributed by atoms with Gasteiger partial charge in [-0.15, -0.1) is 0 Å². The second kappa shape index (κ2) is 3.21. The average molecular weight is 210 g/mol. The van der Waals surface area contributed by atoms with Gasteiger partial charge >= 0.3 is 0 Å². The maximum Gasteiger partial charge on any atom is 0.0687 e. The van der Waals surface area contributed by atoms with Crippen LogP contribution < -0.4 is 0 Å². The van der Waals surface area contributed by atoms with Gasteiger partial charge in [0.15, 0.2) is 0 Å². The molecule has 1 N–H and O–H groups in total. The molecule has 4 aliphatic carbocycles. The normalized spacial score (nSPS) is 54.6. The third-order valence-electron chi connectivity index (χ3n) is 5.28. The molecule has 4 bridgehead atoms. The maximum absolute atomic E-state index is 9.90. The Hall–Kier alpha value is -0.0800. The summed E-state index contributed by atoms with van der Waals surface area (Å²) in [4.78, 5) is 0. The van der Waals surface area contributed by atoms with Crippen LogP contribution in [0, 0.1) is 23.7 Å². The fraction of sp³-hybridized carbons (Fsp3) is 1.00. The van der Waals surface area contributed by atoms with Gasteiger partial charge in [0.25, 0.3) is 0 Å². The fourth-order valence-corrected chi connectivity index (χ4v) is 5.03. The lowest BCUT2D eigenvalue weighted by molar-refractivity contribution is -0.184. The Balaban J connectivity index is 1.88. The zero-order valence-corrected chi connectivity index (χ0v) is 9.78. The standard InChI is InChI=1S/C13H22O2/c1-8(14)12-10-3-9-4-11(12)7-13(5-9,6-10)15-2/h8-12,14H,3-7H2,1-2H3. The molecule has 2 nitrogen and oxygen atoms in total. The average Bonchev–Trinajstić information content (AvgIpc) is 2.15. The molecule has 0 aromatic carbocycles. The lowest BCUT2D eigenvalue weighted by Crippen LogP contribution is -2.57. The summed E-state index contributed by atoms with van der Waals surface area (Å²) in [5, 5.41) is 9.90. The highest BCUT2D eigenvalue weighted by Gasteiger charge is 2.56. The van der Waals surface area contributed by atoms with Crippen LogP contribution in [-0.2, 0) is 4.74 Å². The van der Waals surface area contributed by atoms with Crippen LogP contribution in [0.25, 0.3) is 0 Å². The molecule has 0 aliphatic heterocycles. The molecule has 4 fully saturated rings. The summed E-state index contributed by atoms with van der Waals surface area (Å²) in [5.41, 5.74) is 0.196. The molecule has 0 amide bonds. The zero-order chi connectivity index (χ0) is 10.6. The molecule has 15 heavy (non-hydrogen) atoms. The fourth-order valence-electron chi connectivity index (χ4n) is 5.03. The van der Waals surface area contributed by atoms with Crippen molar-refractivity contribution in [3.8, 4) is 0 Å². The van der Waals surface area contributed by atoms with E-state index in [1.165, 1.54) is 32.1 Å². The van der Waals surface area contributed by atoms with Gasteiger partial charge in [0.05, 0.1) is 11.7 Å². The van der Waals surface area contributed by atoms with E-state index in [-0.39, 0.29) is 11.7 Å². The Morgan fingerprint density at radius 2 is 1.80 bits per heavy atom. The van der Waals surface area contributed by atoms with E-state index in [1.54, 1.807) is 0 Å². The van der Waals surface area contributed by atoms with E-state index in [2.05, 4.69) is 0 Å². The molecule has 0 radical (unpaired) electrons. The molecule has 0 aromatic rings. The number of hydrogen-bond donors (Lipinski definition) is 1. The van der Waals surface area contributed by atoms with Gasteiger partial charge < -0.3 is 9.84 Å². The largest absolute Gasteiger partial charge is 0.393 e. The number of methoxy groups -OCH3 is 1. The highest BCUT2D eigenvalue weighted by atomic mass is 16.5. The summed E-state index contributed by atoms with van der Waals surface area (Å²) in [5.74, 6) is 2.91. The third-order valence-corrected chi connectivity index (χ3v) is 5.28. The molecule has 4 aliphatic rings. The smallest absolute Gasteiger partial charge is 0.0687 e. The van der Waals surface area contributed by atoms with Gasteiger partial charge in [-0.2, -0.15) is 0 Å². The Morgan fingerprint density at radius 1 is 1.20 bits per heavy atom. The van der Waals surface area contributed by atoms with E-state index in [0.29, 0.717) is 5.92 Å². The van der Waals surface area contributed by atoms with Crippen molar-refractivity contribution in [3.63, 3.8) is 0 Å². The summed E-state index contributed by atoms with van der Waals surface area (Å²) in [6, 6.07) is 0. The van der Waals surface area contributed by atoms with Crippen LogP contribution in [0.4, 0.5) is 0 Å². The predicted molar refractivity (Wildman–Crippen MR) is 58.5 cm³/mol. The molecule has 4 rings (SSSR count). The Morgan fingerprint density at radius 3 is 2.27 bits per heavy atom. The Kier molecular flexibility index (Phi) is 2.16. The molecular formula is C13H22O2. The summed E-state index contributed by atoms with van der Waals surface area (Å²) in [7, 11) is 1.88. The van der Waals surface area contributed by atoms with Crippen LogP contribution in [0.5, 0.6) is 0 Å². The molecule has 0 aromatic heterocycles. The SMILES string of the molecule is COC12CC3CC(C1)C(C(C)O)C(C3)C2.